The third kappa shape index (κ3) is 2.97. The number of hydrogen-bond donors (Lipinski definition) is 1. The van der Waals surface area contributed by atoms with Crippen molar-refractivity contribution in [3.63, 3.8) is 0 Å². The summed E-state index contributed by atoms with van der Waals surface area (Å²) in [5.41, 5.74) is 4.95. The summed E-state index contributed by atoms with van der Waals surface area (Å²) in [6.07, 6.45) is 1.75. The largest absolute Gasteiger partial charge is 0.264 e. The number of nitrogens with one attached hydrogen (secondary N) is 1. The molecule has 0 fully saturated rings. The van der Waals surface area contributed by atoms with Crippen molar-refractivity contribution in [2.45, 2.75) is 19.9 Å². The summed E-state index contributed by atoms with van der Waals surface area (Å²) >= 11 is 6.14. The van der Waals surface area contributed by atoms with E-state index >= 15 is 0 Å². The molecule has 1 atom stereocenters. The second kappa shape index (κ2) is 5.19. The van der Waals surface area contributed by atoms with Gasteiger partial charge in [0.25, 0.3) is 0 Å². The highest BCUT2D eigenvalue weighted by atomic mass is 35.5. The molecule has 90 valence electrons. The molecule has 1 aliphatic heterocycles. The summed E-state index contributed by atoms with van der Waals surface area (Å²) in [5.74, 6) is 0. The van der Waals surface area contributed by atoms with Crippen molar-refractivity contribution in [2.24, 2.45) is 10.1 Å². The minimum atomic E-state index is 0.0727. The Labute approximate surface area is 106 Å². The molecule has 0 spiro atoms. The Morgan fingerprint density at radius 1 is 1.47 bits per heavy atom. The number of hydrogen-bond acceptors (Lipinski definition) is 4. The first-order valence-corrected chi connectivity index (χ1v) is 5.85. The first-order valence-electron chi connectivity index (χ1n) is 5.47. The monoisotopic (exact) mass is 250 g/mol. The van der Waals surface area contributed by atoms with Gasteiger partial charge in [-0.05, 0) is 25.5 Å². The quantitative estimate of drug-likeness (QED) is 0.662. The summed E-state index contributed by atoms with van der Waals surface area (Å²) in [6, 6.07) is 7.86. The summed E-state index contributed by atoms with van der Waals surface area (Å²) < 4.78 is 0. The first-order chi connectivity index (χ1) is 8.16. The highest BCUT2D eigenvalue weighted by molar-refractivity contribution is 6.31. The highest BCUT2D eigenvalue weighted by Crippen LogP contribution is 2.27. The normalized spacial score (nSPS) is 18.3. The van der Waals surface area contributed by atoms with Gasteiger partial charge in [0.15, 0.2) is 0 Å². The molecule has 1 aromatic carbocycles. The lowest BCUT2D eigenvalue weighted by Crippen LogP contribution is -2.32. The number of benzene rings is 1. The van der Waals surface area contributed by atoms with Gasteiger partial charge >= 0.3 is 0 Å². The zero-order chi connectivity index (χ0) is 12.3. The summed E-state index contributed by atoms with van der Waals surface area (Å²) in [5, 5.41) is 6.73. The van der Waals surface area contributed by atoms with Gasteiger partial charge in [-0.3, -0.25) is 10.0 Å². The predicted octanol–water partition coefficient (Wildman–Crippen LogP) is 2.63. The van der Waals surface area contributed by atoms with Crippen molar-refractivity contribution >= 4 is 23.7 Å². The Morgan fingerprint density at radius 2 is 2.24 bits per heavy atom. The second-order valence-corrected chi connectivity index (χ2v) is 4.52. The fourth-order valence-corrected chi connectivity index (χ4v) is 1.86. The van der Waals surface area contributed by atoms with E-state index in [1.165, 1.54) is 0 Å². The van der Waals surface area contributed by atoms with E-state index < -0.39 is 0 Å². The smallest absolute Gasteiger partial charge is 0.106 e. The highest BCUT2D eigenvalue weighted by Gasteiger charge is 2.20. The van der Waals surface area contributed by atoms with E-state index in [1.54, 1.807) is 6.34 Å². The number of nitrogens with zero attached hydrogens (tertiary/aromatic N) is 3. The Balaban J connectivity index is 2.02. The SMILES string of the molecule is CC(C)=NNN1C=NC(c2ccccc2Cl)C1. The second-order valence-electron chi connectivity index (χ2n) is 4.11. The molecule has 1 unspecified atom stereocenters. The van der Waals surface area contributed by atoms with Crippen molar-refractivity contribution in [3.8, 4) is 0 Å². The van der Waals surface area contributed by atoms with Gasteiger partial charge < -0.3 is 0 Å². The molecule has 4 nitrogen and oxygen atoms in total. The Morgan fingerprint density at radius 3 is 2.94 bits per heavy atom. The van der Waals surface area contributed by atoms with Gasteiger partial charge in [-0.1, -0.05) is 29.8 Å². The molecule has 0 aliphatic carbocycles. The summed E-state index contributed by atoms with van der Waals surface area (Å²) in [4.78, 5) is 4.41. The molecule has 0 aromatic heterocycles. The van der Waals surface area contributed by atoms with Gasteiger partial charge in [0, 0.05) is 10.7 Å². The van der Waals surface area contributed by atoms with Crippen LogP contribution < -0.4 is 5.53 Å². The van der Waals surface area contributed by atoms with Crippen LogP contribution >= 0.6 is 11.6 Å². The van der Waals surface area contributed by atoms with Gasteiger partial charge in [-0.2, -0.15) is 5.10 Å². The Kier molecular flexibility index (Phi) is 3.64. The van der Waals surface area contributed by atoms with Crippen LogP contribution in [0, 0.1) is 0 Å². The van der Waals surface area contributed by atoms with Gasteiger partial charge in [0.1, 0.15) is 6.34 Å². The van der Waals surface area contributed by atoms with Gasteiger partial charge in [0.2, 0.25) is 0 Å². The zero-order valence-electron chi connectivity index (χ0n) is 9.89. The third-order valence-corrected chi connectivity index (χ3v) is 2.77. The van der Waals surface area contributed by atoms with Gasteiger partial charge in [-0.25, -0.2) is 5.53 Å². The van der Waals surface area contributed by atoms with E-state index in [0.717, 1.165) is 22.8 Å². The number of aliphatic imine (C=N–C) groups is 1. The number of halogens is 1. The maximum atomic E-state index is 6.14. The van der Waals surface area contributed by atoms with Crippen molar-refractivity contribution in [1.29, 1.82) is 0 Å². The van der Waals surface area contributed by atoms with Gasteiger partial charge in [0.05, 0.1) is 12.6 Å². The Bertz CT molecular complexity index is 452. The third-order valence-electron chi connectivity index (χ3n) is 2.42. The summed E-state index contributed by atoms with van der Waals surface area (Å²) in [7, 11) is 0. The summed E-state index contributed by atoms with van der Waals surface area (Å²) in [6.45, 7) is 4.61. The molecular formula is C12H15ClN4. The van der Waals surface area contributed by atoms with Crippen molar-refractivity contribution in [3.05, 3.63) is 34.9 Å². The van der Waals surface area contributed by atoms with Crippen molar-refractivity contribution in [1.82, 2.24) is 10.5 Å². The molecule has 0 amide bonds. The van der Waals surface area contributed by atoms with Gasteiger partial charge in [-0.15, -0.1) is 0 Å². The van der Waals surface area contributed by atoms with Crippen LogP contribution in [0.2, 0.25) is 5.02 Å². The van der Waals surface area contributed by atoms with Crippen molar-refractivity contribution in [2.75, 3.05) is 6.54 Å². The van der Waals surface area contributed by atoms with Crippen LogP contribution in [0.1, 0.15) is 25.5 Å². The lowest BCUT2D eigenvalue weighted by atomic mass is 10.1. The molecule has 1 aromatic rings. The molecule has 0 bridgehead atoms. The van der Waals surface area contributed by atoms with Crippen LogP contribution in [0.4, 0.5) is 0 Å². The lowest BCUT2D eigenvalue weighted by molar-refractivity contribution is 0.333. The average Bonchev–Trinajstić information content (AvgIpc) is 2.75. The fourth-order valence-electron chi connectivity index (χ4n) is 1.60. The van der Waals surface area contributed by atoms with E-state index in [9.17, 15) is 0 Å². The van der Waals surface area contributed by atoms with Crippen LogP contribution in [0.15, 0.2) is 34.4 Å². The number of hydrazone groups is 1. The van der Waals surface area contributed by atoms with Crippen LogP contribution in [0.25, 0.3) is 0 Å². The van der Waals surface area contributed by atoms with Crippen LogP contribution in [-0.4, -0.2) is 23.6 Å². The molecule has 1 N–H and O–H groups in total. The minimum absolute atomic E-state index is 0.0727. The van der Waals surface area contributed by atoms with Crippen LogP contribution in [0.5, 0.6) is 0 Å². The standard InChI is InChI=1S/C12H15ClN4/c1-9(2)15-16-17-7-12(14-8-17)10-5-3-4-6-11(10)13/h3-6,8,12,16H,7H2,1-2H3. The Hall–Kier alpha value is -1.55. The maximum absolute atomic E-state index is 6.14. The average molecular weight is 251 g/mol. The lowest BCUT2D eigenvalue weighted by Gasteiger charge is -2.15. The first kappa shape index (κ1) is 11.9. The molecule has 1 heterocycles. The van der Waals surface area contributed by atoms with E-state index in [2.05, 4.69) is 15.6 Å². The molecule has 5 heteroatoms. The number of rotatable bonds is 3. The number of hydrazine groups is 1. The molecule has 17 heavy (non-hydrogen) atoms. The molecule has 1 aliphatic rings. The molecule has 0 saturated carbocycles. The maximum Gasteiger partial charge on any atom is 0.106 e. The molecular weight excluding hydrogens is 236 g/mol. The van der Waals surface area contributed by atoms with E-state index in [4.69, 9.17) is 11.6 Å². The van der Waals surface area contributed by atoms with E-state index in [0.29, 0.717) is 0 Å². The molecule has 0 saturated heterocycles. The topological polar surface area (TPSA) is 40.0 Å². The van der Waals surface area contributed by atoms with Crippen LogP contribution in [-0.2, 0) is 0 Å². The predicted molar refractivity (Wildman–Crippen MR) is 71.3 cm³/mol. The van der Waals surface area contributed by atoms with Crippen LogP contribution in [0.3, 0.4) is 0 Å². The molecule has 2 rings (SSSR count). The zero-order valence-corrected chi connectivity index (χ0v) is 10.6. The van der Waals surface area contributed by atoms with E-state index in [1.807, 2.05) is 43.1 Å². The van der Waals surface area contributed by atoms with E-state index in [-0.39, 0.29) is 6.04 Å². The molecule has 0 radical (unpaired) electrons. The van der Waals surface area contributed by atoms with Crippen molar-refractivity contribution < 1.29 is 0 Å². The fraction of sp³-hybridized carbons (Fsp3) is 0.333. The minimum Gasteiger partial charge on any atom is -0.264 e.